The Kier molecular flexibility index (Phi) is 3.51. The fraction of sp³-hybridized carbons (Fsp3) is 0. The van der Waals surface area contributed by atoms with Crippen molar-refractivity contribution in [3.63, 3.8) is 0 Å². The molecular weight excluding hydrogens is 337 g/mol. The second kappa shape index (κ2) is 4.91. The maximum Gasteiger partial charge on any atom is 0.194 e. The average Bonchev–Trinajstić information content (AvgIpc) is 2.29. The van der Waals surface area contributed by atoms with Gasteiger partial charge in [0.25, 0.3) is 0 Å². The van der Waals surface area contributed by atoms with Crippen molar-refractivity contribution in [2.45, 2.75) is 0 Å². The highest BCUT2D eigenvalue weighted by Crippen LogP contribution is 2.18. The molecule has 0 aliphatic rings. The van der Waals surface area contributed by atoms with Crippen LogP contribution >= 0.6 is 22.6 Å². The standard InChI is InChI=1S/C13H7F2IO/c14-9-3-1-8(2-4-9)13(17)11-6-5-10(15)7-12(11)16/h1-7H. The van der Waals surface area contributed by atoms with Gasteiger partial charge in [-0.05, 0) is 65.1 Å². The average molecular weight is 344 g/mol. The van der Waals surface area contributed by atoms with Gasteiger partial charge in [-0.3, -0.25) is 4.79 Å². The van der Waals surface area contributed by atoms with E-state index in [0.717, 1.165) is 0 Å². The van der Waals surface area contributed by atoms with Crippen molar-refractivity contribution in [3.05, 3.63) is 68.8 Å². The molecule has 0 aliphatic carbocycles. The number of benzene rings is 2. The van der Waals surface area contributed by atoms with Crippen molar-refractivity contribution < 1.29 is 13.6 Å². The lowest BCUT2D eigenvalue weighted by Crippen LogP contribution is -2.04. The Labute approximate surface area is 111 Å². The van der Waals surface area contributed by atoms with E-state index >= 15 is 0 Å². The van der Waals surface area contributed by atoms with E-state index < -0.39 is 5.82 Å². The third kappa shape index (κ3) is 2.69. The second-order valence-corrected chi connectivity index (χ2v) is 4.62. The Morgan fingerprint density at radius 3 is 2.12 bits per heavy atom. The number of carbonyl (C=O) groups excluding carboxylic acids is 1. The largest absolute Gasteiger partial charge is 0.289 e. The van der Waals surface area contributed by atoms with Crippen LogP contribution in [0, 0.1) is 15.2 Å². The van der Waals surface area contributed by atoms with E-state index in [9.17, 15) is 13.6 Å². The SMILES string of the molecule is O=C(c1ccc(F)cc1)c1ccc(F)cc1I. The topological polar surface area (TPSA) is 17.1 Å². The van der Waals surface area contributed by atoms with Gasteiger partial charge in [0.2, 0.25) is 0 Å². The molecule has 0 heterocycles. The minimum absolute atomic E-state index is 0.241. The molecule has 4 heteroatoms. The van der Waals surface area contributed by atoms with E-state index in [0.29, 0.717) is 14.7 Å². The van der Waals surface area contributed by atoms with E-state index in [1.54, 1.807) is 0 Å². The molecule has 0 fully saturated rings. The molecule has 0 spiro atoms. The number of rotatable bonds is 2. The Bertz CT molecular complexity index is 564. The summed E-state index contributed by atoms with van der Waals surface area (Å²) in [6, 6.07) is 9.24. The van der Waals surface area contributed by atoms with Gasteiger partial charge >= 0.3 is 0 Å². The predicted molar refractivity (Wildman–Crippen MR) is 68.9 cm³/mol. The van der Waals surface area contributed by atoms with Crippen LogP contribution in [0.3, 0.4) is 0 Å². The van der Waals surface area contributed by atoms with E-state index in [4.69, 9.17) is 0 Å². The molecule has 0 unspecified atom stereocenters. The van der Waals surface area contributed by atoms with Gasteiger partial charge in [-0.15, -0.1) is 0 Å². The minimum Gasteiger partial charge on any atom is -0.289 e. The van der Waals surface area contributed by atoms with Crippen LogP contribution in [0.25, 0.3) is 0 Å². The fourth-order valence-electron chi connectivity index (χ4n) is 1.43. The van der Waals surface area contributed by atoms with Crippen molar-refractivity contribution >= 4 is 28.4 Å². The van der Waals surface area contributed by atoms with Crippen LogP contribution < -0.4 is 0 Å². The van der Waals surface area contributed by atoms with E-state index in [-0.39, 0.29) is 11.6 Å². The summed E-state index contributed by atoms with van der Waals surface area (Å²) < 4.78 is 26.2. The highest BCUT2D eigenvalue weighted by Gasteiger charge is 2.12. The lowest BCUT2D eigenvalue weighted by Gasteiger charge is -2.04. The molecular formula is C13H7F2IO. The molecule has 0 radical (unpaired) electrons. The smallest absolute Gasteiger partial charge is 0.194 e. The number of carbonyl (C=O) groups is 1. The van der Waals surface area contributed by atoms with Crippen LogP contribution in [0.5, 0.6) is 0 Å². The summed E-state index contributed by atoms with van der Waals surface area (Å²) in [5, 5.41) is 0. The van der Waals surface area contributed by atoms with Crippen LogP contribution in [-0.2, 0) is 0 Å². The van der Waals surface area contributed by atoms with Crippen LogP contribution in [-0.4, -0.2) is 5.78 Å². The molecule has 0 bridgehead atoms. The number of ketones is 1. The van der Waals surface area contributed by atoms with Crippen molar-refractivity contribution in [2.24, 2.45) is 0 Å². The summed E-state index contributed by atoms with van der Waals surface area (Å²) in [4.78, 5) is 12.0. The Morgan fingerprint density at radius 1 is 0.941 bits per heavy atom. The quantitative estimate of drug-likeness (QED) is 0.598. The van der Waals surface area contributed by atoms with Crippen molar-refractivity contribution in [1.82, 2.24) is 0 Å². The van der Waals surface area contributed by atoms with Gasteiger partial charge in [-0.2, -0.15) is 0 Å². The molecule has 0 saturated carbocycles. The third-order valence-electron chi connectivity index (χ3n) is 2.28. The van der Waals surface area contributed by atoms with Gasteiger partial charge in [-0.1, -0.05) is 0 Å². The van der Waals surface area contributed by atoms with E-state index in [1.807, 2.05) is 22.6 Å². The van der Waals surface area contributed by atoms with Gasteiger partial charge in [0, 0.05) is 14.7 Å². The molecule has 2 rings (SSSR count). The van der Waals surface area contributed by atoms with Crippen LogP contribution in [0.1, 0.15) is 15.9 Å². The molecule has 0 N–H and O–H groups in total. The predicted octanol–water partition coefficient (Wildman–Crippen LogP) is 3.80. The molecule has 1 nitrogen and oxygen atoms in total. The maximum atomic E-state index is 12.9. The normalized spacial score (nSPS) is 10.3. The van der Waals surface area contributed by atoms with Gasteiger partial charge in [-0.25, -0.2) is 8.78 Å². The summed E-state index contributed by atoms with van der Waals surface area (Å²) >= 11 is 1.90. The molecule has 2 aromatic carbocycles. The molecule has 0 atom stereocenters. The zero-order valence-corrected chi connectivity index (χ0v) is 10.7. The lowest BCUT2D eigenvalue weighted by atomic mass is 10.0. The zero-order valence-electron chi connectivity index (χ0n) is 8.58. The van der Waals surface area contributed by atoms with Crippen LogP contribution in [0.15, 0.2) is 42.5 Å². The Morgan fingerprint density at radius 2 is 1.53 bits per heavy atom. The van der Waals surface area contributed by atoms with Crippen LogP contribution in [0.4, 0.5) is 8.78 Å². The highest BCUT2D eigenvalue weighted by atomic mass is 127. The molecule has 0 aromatic heterocycles. The highest BCUT2D eigenvalue weighted by molar-refractivity contribution is 14.1. The first-order valence-corrected chi connectivity index (χ1v) is 5.91. The fourth-order valence-corrected chi connectivity index (χ4v) is 2.15. The van der Waals surface area contributed by atoms with Gasteiger partial charge in [0.15, 0.2) is 5.78 Å². The summed E-state index contributed by atoms with van der Waals surface area (Å²) in [6.07, 6.45) is 0. The molecule has 0 saturated heterocycles. The summed E-state index contributed by atoms with van der Waals surface area (Å²) in [7, 11) is 0. The van der Waals surface area contributed by atoms with Crippen LogP contribution in [0.2, 0.25) is 0 Å². The molecule has 0 amide bonds. The van der Waals surface area contributed by atoms with Crippen molar-refractivity contribution in [1.29, 1.82) is 0 Å². The summed E-state index contributed by atoms with van der Waals surface area (Å²) in [6.45, 7) is 0. The first kappa shape index (κ1) is 12.2. The Balaban J connectivity index is 2.40. The molecule has 2 aromatic rings. The van der Waals surface area contributed by atoms with Gasteiger partial charge in [0.05, 0.1) is 0 Å². The first-order chi connectivity index (χ1) is 8.08. The van der Waals surface area contributed by atoms with Gasteiger partial charge < -0.3 is 0 Å². The second-order valence-electron chi connectivity index (χ2n) is 3.46. The summed E-state index contributed by atoms with van der Waals surface area (Å²) in [5.74, 6) is -1.02. The maximum absolute atomic E-state index is 12.9. The Hall–Kier alpha value is -1.30. The number of hydrogen-bond donors (Lipinski definition) is 0. The lowest BCUT2D eigenvalue weighted by molar-refractivity contribution is 0.103. The van der Waals surface area contributed by atoms with Crippen molar-refractivity contribution in [2.75, 3.05) is 0 Å². The monoisotopic (exact) mass is 344 g/mol. The van der Waals surface area contributed by atoms with Gasteiger partial charge in [0.1, 0.15) is 11.6 Å². The van der Waals surface area contributed by atoms with E-state index in [2.05, 4.69) is 0 Å². The molecule has 0 aliphatic heterocycles. The third-order valence-corrected chi connectivity index (χ3v) is 3.17. The zero-order chi connectivity index (χ0) is 12.4. The molecule has 86 valence electrons. The van der Waals surface area contributed by atoms with Crippen molar-refractivity contribution in [3.8, 4) is 0 Å². The number of hydrogen-bond acceptors (Lipinski definition) is 1. The summed E-state index contributed by atoms with van der Waals surface area (Å²) in [5.41, 5.74) is 0.800. The number of halogens is 3. The minimum atomic E-state index is -0.393. The first-order valence-electron chi connectivity index (χ1n) is 4.83. The van der Waals surface area contributed by atoms with E-state index in [1.165, 1.54) is 42.5 Å². The molecule has 17 heavy (non-hydrogen) atoms.